The minimum Gasteiger partial charge on any atom is -0.492 e. The number of benzene rings is 1. The molecule has 4 aliphatic heterocycles. The van der Waals surface area contributed by atoms with Crippen LogP contribution in [0.1, 0.15) is 181 Å². The van der Waals surface area contributed by atoms with Crippen LogP contribution in [0.25, 0.3) is 0 Å². The number of carbonyl (C=O) groups excluding carboxylic acids is 9. The predicted molar refractivity (Wildman–Crippen MR) is 463 cm³/mol. The number of hydrogen-bond donors (Lipinski definition) is 13. The third-order valence-corrected chi connectivity index (χ3v) is 27.7. The number of hydroxylamine groups is 1. The Morgan fingerprint density at radius 3 is 2.04 bits per heavy atom. The van der Waals surface area contributed by atoms with Crippen LogP contribution in [-0.2, 0) is 81.0 Å². The number of amides is 7. The number of allylic oxidation sites excluding steroid dienone is 2. The van der Waals surface area contributed by atoms with Crippen molar-refractivity contribution in [2.75, 3.05) is 61.1 Å². The molecule has 40 heteroatoms. The fourth-order valence-electron chi connectivity index (χ4n) is 15.6. The number of hydrazine groups is 1. The number of aliphatic hydroxyl groups excluding tert-OH is 5. The number of primary amides is 1. The van der Waals surface area contributed by atoms with Gasteiger partial charge in [0.05, 0.1) is 103 Å². The number of carbonyl (C=O) groups is 9. The van der Waals surface area contributed by atoms with Gasteiger partial charge < -0.3 is 114 Å². The molecule has 4 saturated heterocycles. The van der Waals surface area contributed by atoms with Crippen molar-refractivity contribution in [1.82, 2.24) is 42.5 Å². The van der Waals surface area contributed by atoms with E-state index in [2.05, 4.69) is 61.3 Å². The van der Waals surface area contributed by atoms with Crippen LogP contribution in [0.5, 0.6) is 17.2 Å². The molecular weight excluding hydrogens is 1780 g/mol. The van der Waals surface area contributed by atoms with Crippen molar-refractivity contribution >= 4 is 108 Å². The summed E-state index contributed by atoms with van der Waals surface area (Å²) in [6.45, 7) is 16.3. The Bertz CT molecular complexity index is 3880. The monoisotopic (exact) mass is 1900 g/mol. The van der Waals surface area contributed by atoms with E-state index in [1.54, 1.807) is 66.4 Å². The van der Waals surface area contributed by atoms with Crippen LogP contribution in [0, 0.1) is 40.1 Å². The highest BCUT2D eigenvalue weighted by Gasteiger charge is 2.54. The van der Waals surface area contributed by atoms with E-state index in [9.17, 15) is 68.7 Å². The number of ketones is 1. The maximum atomic E-state index is 14.6. The molecule has 0 spiro atoms. The van der Waals surface area contributed by atoms with Gasteiger partial charge in [-0.15, -0.1) is 5.92 Å². The van der Waals surface area contributed by atoms with E-state index in [4.69, 9.17) is 67.4 Å². The lowest BCUT2D eigenvalue weighted by atomic mass is 9.74. The van der Waals surface area contributed by atoms with E-state index < -0.39 is 198 Å². The Morgan fingerprint density at radius 1 is 0.772 bits per heavy atom. The number of thioether (sulfide) groups is 1. The molecule has 20 unspecified atom stereocenters. The molecule has 6 fully saturated rings. The number of aliphatic hydroxyl groups is 5. The summed E-state index contributed by atoms with van der Waals surface area (Å²) >= 11 is 2.76. The van der Waals surface area contributed by atoms with Gasteiger partial charge in [-0.25, -0.2) is 10.2 Å². The summed E-state index contributed by atoms with van der Waals surface area (Å²) in [6.07, 6.45) is -6.97. The predicted octanol–water partition coefficient (Wildman–Crippen LogP) is 3.99. The molecule has 23 atom stereocenters. The number of likely N-dealkylation sites (N-methyl/N-ethyl adjacent to an activating group) is 1. The van der Waals surface area contributed by atoms with E-state index in [1.807, 2.05) is 22.6 Å². The number of nitrogens with one attached hydrogen (secondary N) is 7. The van der Waals surface area contributed by atoms with E-state index >= 15 is 0 Å². The molecule has 7 rings (SSSR count). The van der Waals surface area contributed by atoms with Crippen LogP contribution in [0.4, 0.5) is 4.79 Å². The highest BCUT2D eigenvalue weighted by molar-refractivity contribution is 14.1. The SMILES string of the molecule is CC#C/C=C\C#CC(OC1OC(C)C(NOC2CC(O)C(SC(=O)c3c(C)c(I)c(OC4OC(C)C(O)C(OC)C4O)c(OC)c3OC)C(C)O2)C(O)C1OC1COCC(N(CC)C(C)=O)C1OC)C1/C(=C\CSSC(C)(C)NNC(=O)[C@H](C)NC(=O)[C@H](CC(N)=O)NC(=O)CCCC(=O)NC2CCCCCCCCCC2)[C@@H](O)CC(=O)C1NC(=O)OC. The lowest BCUT2D eigenvalue weighted by molar-refractivity contribution is -0.326. The molecule has 1 aromatic carbocycles. The summed E-state index contributed by atoms with van der Waals surface area (Å²) in [5.41, 5.74) is 14.6. The number of nitrogens with two attached hydrogens (primary N) is 1. The molecule has 4 heterocycles. The van der Waals surface area contributed by atoms with Gasteiger partial charge in [0.15, 0.2) is 29.9 Å². The van der Waals surface area contributed by atoms with Crippen molar-refractivity contribution in [3.8, 4) is 40.9 Å². The van der Waals surface area contributed by atoms with Crippen LogP contribution in [0.3, 0.4) is 0 Å². The van der Waals surface area contributed by atoms with Gasteiger partial charge in [-0.2, -0.15) is 5.48 Å². The number of rotatable bonds is 36. The Balaban J connectivity index is 1.07. The second kappa shape index (κ2) is 51.1. The van der Waals surface area contributed by atoms with Crippen LogP contribution >= 0.6 is 55.9 Å². The third-order valence-electron chi connectivity index (χ3n) is 22.1. The number of nitrogens with zero attached hydrogens (tertiary/aromatic N) is 1. The average molecular weight is 1910 g/mol. The summed E-state index contributed by atoms with van der Waals surface area (Å²) in [6, 6.07) is -6.02. The lowest BCUT2D eigenvalue weighted by Crippen LogP contribution is -2.67. The molecule has 0 bridgehead atoms. The summed E-state index contributed by atoms with van der Waals surface area (Å²) in [4.78, 5) is 128. The van der Waals surface area contributed by atoms with Crippen molar-refractivity contribution in [2.24, 2.45) is 11.7 Å². The van der Waals surface area contributed by atoms with Crippen molar-refractivity contribution in [1.29, 1.82) is 0 Å². The zero-order valence-corrected chi connectivity index (χ0v) is 77.2. The van der Waals surface area contributed by atoms with Gasteiger partial charge in [0.2, 0.25) is 46.7 Å². The molecule has 14 N–H and O–H groups in total. The second-order valence-electron chi connectivity index (χ2n) is 31.5. The minimum atomic E-state index is -1.70. The molecule has 690 valence electrons. The van der Waals surface area contributed by atoms with Crippen molar-refractivity contribution in [3.63, 3.8) is 0 Å². The minimum absolute atomic E-state index is 0.00507. The van der Waals surface area contributed by atoms with Gasteiger partial charge in [-0.05, 0) is 127 Å². The average Bonchev–Trinajstić information content (AvgIpc) is 0.773. The maximum absolute atomic E-state index is 14.6. The largest absolute Gasteiger partial charge is 0.492 e. The topological polar surface area (TPSA) is 488 Å². The molecule has 7 amide bonds. The van der Waals surface area contributed by atoms with Crippen LogP contribution < -0.4 is 57.5 Å². The number of Topliss-reactive ketones (excluding diaryl/α,β-unsaturated/α-hetero) is 1. The molecule has 1 aromatic rings. The smallest absolute Gasteiger partial charge is 0.407 e. The zero-order valence-electron chi connectivity index (χ0n) is 72.6. The number of hydrogen-bond acceptors (Lipinski definition) is 32. The molecule has 0 aromatic heterocycles. The highest BCUT2D eigenvalue weighted by atomic mass is 127. The van der Waals surface area contributed by atoms with Gasteiger partial charge >= 0.3 is 6.09 Å². The normalized spacial score (nSPS) is 29.6. The number of ether oxygens (including phenoxy) is 12. The van der Waals surface area contributed by atoms with E-state index in [1.165, 1.54) is 102 Å². The van der Waals surface area contributed by atoms with Crippen molar-refractivity contribution in [3.05, 3.63) is 38.5 Å². The summed E-state index contributed by atoms with van der Waals surface area (Å²) in [5.74, 6) is 6.16. The molecule has 2 aliphatic carbocycles. The fraction of sp³-hybridized carbons (Fsp3) is 0.723. The van der Waals surface area contributed by atoms with Crippen molar-refractivity contribution < 1.29 is 130 Å². The Hall–Kier alpha value is -6.21. The molecule has 0 radical (unpaired) electrons. The fourth-order valence-corrected chi connectivity index (χ4v) is 19.5. The van der Waals surface area contributed by atoms with Crippen LogP contribution in [0.2, 0.25) is 0 Å². The molecule has 6 aliphatic rings. The number of halogens is 1. The number of methoxy groups -OCH3 is 5. The number of alkyl carbamates (subject to hydrolysis) is 1. The summed E-state index contributed by atoms with van der Waals surface area (Å²) in [7, 11) is 9.02. The Morgan fingerprint density at radius 2 is 1.42 bits per heavy atom. The van der Waals surface area contributed by atoms with E-state index in [0.717, 1.165) is 57.4 Å². The highest BCUT2D eigenvalue weighted by Crippen LogP contribution is 2.49. The zero-order chi connectivity index (χ0) is 90.5. The van der Waals surface area contributed by atoms with Crippen molar-refractivity contribution in [2.45, 2.75) is 317 Å². The van der Waals surface area contributed by atoms with Crippen LogP contribution in [-0.4, -0.2) is 289 Å². The van der Waals surface area contributed by atoms with E-state index in [0.29, 0.717) is 9.13 Å². The van der Waals surface area contributed by atoms with Gasteiger partial charge in [0.1, 0.15) is 67.0 Å². The first kappa shape index (κ1) is 104. The second-order valence-corrected chi connectivity index (χ2v) is 36.7. The van der Waals surface area contributed by atoms with Gasteiger partial charge in [0, 0.05) is 71.1 Å². The molecule has 123 heavy (non-hydrogen) atoms. The molecular formula is C83H126IN9O27S3. The van der Waals surface area contributed by atoms with E-state index in [-0.39, 0.29) is 97.4 Å². The third kappa shape index (κ3) is 29.7. The van der Waals surface area contributed by atoms with Gasteiger partial charge in [-0.3, -0.25) is 48.6 Å². The Labute approximate surface area is 745 Å². The van der Waals surface area contributed by atoms with Gasteiger partial charge in [0.25, 0.3) is 5.91 Å². The standard InChI is InChI=1S/C83H126IN9O27S3/c1-16-18-19-24-29-33-56(63-50(53(95)39-54(96)66(63)89-82(107)112-15)36-37-121-123-83(9,10)92-90-77(104)44(4)86-78(105)51(38-58(85)98)88-60(100)35-30-34-59(99)87-49-31-27-25-22-20-21-23-26-28-32-49)118-81-74(117-57-42-113-41-52(70(57)108-11)93(17-2)48(8)94)68(102)65(45(5)115-81)91-120-61-40-55(97)76(47(7)114-61)122-79(106)62-43(3)64(84)72(75(111-14)71(62)109-12)119-80-69(103)73(110-13)67(101)46(6)116-80/h19,24,36,44-47,49,51-53,55-57,61,63,65-70,73-74,76,80-81,91-92,95,97,101-103H,17,20-23,25-28,30-32,34-35,37-42H2,1-15H3,(H2,85,98)(H,86,105)(H,87,99)(H,88,100)(H,89,107)(H,90,104)/b24-19-,50-36-/t44-,45?,46?,47?,51-,52?,53-,55?,56?,57?,61?,63?,65?,66?,67?,68?,69?,70?,73?,74?,76?,80?,81?/m0/s1. The van der Waals surface area contributed by atoms with Crippen LogP contribution in [0.15, 0.2) is 23.8 Å². The lowest BCUT2D eigenvalue weighted by Gasteiger charge is -2.48. The summed E-state index contributed by atoms with van der Waals surface area (Å²) in [5, 5.41) is 68.2. The Kier molecular flexibility index (Phi) is 43.1. The summed E-state index contributed by atoms with van der Waals surface area (Å²) < 4.78 is 73.6. The first-order valence-electron chi connectivity index (χ1n) is 41.6. The molecule has 36 nitrogen and oxygen atoms in total. The first-order chi connectivity index (χ1) is 58.6. The maximum Gasteiger partial charge on any atom is 0.407 e. The quantitative estimate of drug-likeness (QED) is 0.00859. The molecule has 2 saturated carbocycles. The first-order valence-corrected chi connectivity index (χ1v) is 45.9. The van der Waals surface area contributed by atoms with Gasteiger partial charge in [-0.1, -0.05) is 109 Å².